The largest absolute Gasteiger partial charge is 0.472 e. The third-order valence-corrected chi connectivity index (χ3v) is 8.92. The Balaban J connectivity index is 4.46. The molecule has 9 nitrogen and oxygen atoms in total. The molecule has 0 bridgehead atoms. The number of carbonyl (C=O) groups is 2. The number of ether oxygens (including phenoxy) is 2. The van der Waals surface area contributed by atoms with Gasteiger partial charge < -0.3 is 18.9 Å². The molecule has 0 aliphatic carbocycles. The van der Waals surface area contributed by atoms with Crippen LogP contribution in [0.1, 0.15) is 149 Å². The number of likely N-dealkylation sites (N-methyl/N-ethyl adjacent to an activating group) is 1. The molecule has 0 heterocycles. The molecular weight excluding hydrogens is 641 g/mol. The molecule has 0 aromatic carbocycles. The zero-order valence-electron chi connectivity index (χ0n) is 31.9. The van der Waals surface area contributed by atoms with E-state index in [1.807, 2.05) is 21.1 Å². The average molecular weight is 715 g/mol. The maximum atomic E-state index is 12.6. The highest BCUT2D eigenvalue weighted by Gasteiger charge is 2.27. The summed E-state index contributed by atoms with van der Waals surface area (Å²) >= 11 is 0. The Kier molecular flexibility index (Phi) is 31.0. The smallest absolute Gasteiger partial charge is 0.462 e. The Labute approximate surface area is 300 Å². The number of phosphoric ester groups is 1. The summed E-state index contributed by atoms with van der Waals surface area (Å²) in [6.07, 6.45) is 33.3. The predicted molar refractivity (Wildman–Crippen MR) is 201 cm³/mol. The van der Waals surface area contributed by atoms with Crippen molar-refractivity contribution in [2.24, 2.45) is 0 Å². The van der Waals surface area contributed by atoms with E-state index in [2.05, 4.69) is 50.3 Å². The summed E-state index contributed by atoms with van der Waals surface area (Å²) in [4.78, 5) is 35.1. The summed E-state index contributed by atoms with van der Waals surface area (Å²) < 4.78 is 34.1. The summed E-state index contributed by atoms with van der Waals surface area (Å²) in [5.41, 5.74) is 0. The molecule has 0 amide bonds. The van der Waals surface area contributed by atoms with Crippen molar-refractivity contribution < 1.29 is 42.1 Å². The number of phosphoric acid groups is 1. The lowest BCUT2D eigenvalue weighted by molar-refractivity contribution is -0.870. The van der Waals surface area contributed by atoms with Gasteiger partial charge in [-0.3, -0.25) is 18.6 Å². The molecule has 1 N–H and O–H groups in total. The van der Waals surface area contributed by atoms with Crippen LogP contribution in [0.3, 0.4) is 0 Å². The minimum Gasteiger partial charge on any atom is -0.462 e. The van der Waals surface area contributed by atoms with Gasteiger partial charge in [0.15, 0.2) is 6.10 Å². The highest BCUT2D eigenvalue weighted by Crippen LogP contribution is 2.43. The van der Waals surface area contributed by atoms with Crippen LogP contribution in [0.2, 0.25) is 0 Å². The number of hydrogen-bond acceptors (Lipinski definition) is 7. The molecule has 0 radical (unpaired) electrons. The van der Waals surface area contributed by atoms with Gasteiger partial charge >= 0.3 is 19.8 Å². The summed E-state index contributed by atoms with van der Waals surface area (Å²) in [5, 5.41) is 0. The second kappa shape index (κ2) is 32.2. The number of unbranched alkanes of at least 4 members (excludes halogenated alkanes) is 14. The lowest BCUT2D eigenvalue weighted by Gasteiger charge is -2.24. The molecule has 0 saturated heterocycles. The van der Waals surface area contributed by atoms with Crippen LogP contribution in [0.15, 0.2) is 36.5 Å². The number of nitrogens with zero attached hydrogens (tertiary/aromatic N) is 1. The highest BCUT2D eigenvalue weighted by molar-refractivity contribution is 7.47. The highest BCUT2D eigenvalue weighted by atomic mass is 31.2. The molecule has 0 fully saturated rings. The van der Waals surface area contributed by atoms with Crippen LogP contribution in [-0.2, 0) is 32.7 Å². The van der Waals surface area contributed by atoms with Crippen LogP contribution >= 0.6 is 7.82 Å². The van der Waals surface area contributed by atoms with E-state index in [-0.39, 0.29) is 32.0 Å². The summed E-state index contributed by atoms with van der Waals surface area (Å²) in [6.45, 7) is 4.25. The topological polar surface area (TPSA) is 108 Å². The minimum atomic E-state index is -4.37. The quantitative estimate of drug-likeness (QED) is 0.0231. The Morgan fingerprint density at radius 1 is 0.653 bits per heavy atom. The van der Waals surface area contributed by atoms with Crippen LogP contribution in [0.5, 0.6) is 0 Å². The van der Waals surface area contributed by atoms with Gasteiger partial charge in [0, 0.05) is 12.8 Å². The molecule has 0 aliphatic rings. The fraction of sp³-hybridized carbons (Fsp3) is 0.795. The Morgan fingerprint density at radius 3 is 1.73 bits per heavy atom. The number of quaternary nitrogens is 1. The zero-order chi connectivity index (χ0) is 36.5. The van der Waals surface area contributed by atoms with Gasteiger partial charge in [0.1, 0.15) is 19.8 Å². The Hall–Kier alpha value is -1.77. The lowest BCUT2D eigenvalue weighted by Crippen LogP contribution is -2.37. The molecule has 10 heteroatoms. The predicted octanol–water partition coefficient (Wildman–Crippen LogP) is 10.2. The van der Waals surface area contributed by atoms with Crippen LogP contribution in [0.4, 0.5) is 0 Å². The number of hydrogen-bond donors (Lipinski definition) is 1. The maximum Gasteiger partial charge on any atom is 0.472 e. The van der Waals surface area contributed by atoms with Gasteiger partial charge in [-0.1, -0.05) is 127 Å². The third kappa shape index (κ3) is 35.8. The fourth-order valence-corrected chi connectivity index (χ4v) is 5.65. The molecular formula is C39H73NO8P+. The van der Waals surface area contributed by atoms with E-state index in [4.69, 9.17) is 18.5 Å². The fourth-order valence-electron chi connectivity index (χ4n) is 4.91. The molecule has 286 valence electrons. The van der Waals surface area contributed by atoms with Crippen LogP contribution in [0.25, 0.3) is 0 Å². The molecule has 1 unspecified atom stereocenters. The van der Waals surface area contributed by atoms with Gasteiger partial charge in [-0.2, -0.15) is 0 Å². The number of carbonyl (C=O) groups excluding carboxylic acids is 2. The number of esters is 2. The Morgan fingerprint density at radius 2 is 1.16 bits per heavy atom. The normalized spacial score (nSPS) is 14.2. The molecule has 0 aromatic heterocycles. The Bertz CT molecular complexity index is 944. The first-order valence-electron chi connectivity index (χ1n) is 19.2. The van der Waals surface area contributed by atoms with Crippen molar-refractivity contribution in [3.63, 3.8) is 0 Å². The first-order chi connectivity index (χ1) is 23.5. The van der Waals surface area contributed by atoms with Crippen molar-refractivity contribution in [2.45, 2.75) is 155 Å². The molecule has 0 aliphatic heterocycles. The van der Waals surface area contributed by atoms with E-state index in [0.717, 1.165) is 70.6 Å². The second-order valence-electron chi connectivity index (χ2n) is 13.9. The van der Waals surface area contributed by atoms with E-state index in [1.165, 1.54) is 44.9 Å². The molecule has 0 aromatic rings. The zero-order valence-corrected chi connectivity index (χ0v) is 32.8. The van der Waals surface area contributed by atoms with Crippen LogP contribution in [0, 0.1) is 0 Å². The van der Waals surface area contributed by atoms with Gasteiger partial charge in [-0.05, 0) is 44.9 Å². The van der Waals surface area contributed by atoms with E-state index in [9.17, 15) is 19.0 Å². The van der Waals surface area contributed by atoms with Crippen molar-refractivity contribution >= 4 is 19.8 Å². The van der Waals surface area contributed by atoms with Crippen molar-refractivity contribution in [1.82, 2.24) is 0 Å². The lowest BCUT2D eigenvalue weighted by atomic mass is 10.1. The van der Waals surface area contributed by atoms with E-state index >= 15 is 0 Å². The molecule has 0 spiro atoms. The molecule has 49 heavy (non-hydrogen) atoms. The van der Waals surface area contributed by atoms with Crippen molar-refractivity contribution in [2.75, 3.05) is 47.5 Å². The molecule has 2 atom stereocenters. The van der Waals surface area contributed by atoms with Gasteiger partial charge in [0.05, 0.1) is 27.7 Å². The number of rotatable bonds is 34. The van der Waals surface area contributed by atoms with E-state index in [0.29, 0.717) is 17.4 Å². The monoisotopic (exact) mass is 715 g/mol. The van der Waals surface area contributed by atoms with Crippen molar-refractivity contribution in [3.8, 4) is 0 Å². The SMILES string of the molecule is CC/C=C\C/C=C\C/C=C\CCCCCCCC(=O)O[C@H](COC(=O)CCCCCCCCCCCC)COP(=O)(O)OCC[N+](C)(C)C. The first-order valence-corrected chi connectivity index (χ1v) is 20.7. The summed E-state index contributed by atoms with van der Waals surface area (Å²) in [6, 6.07) is 0. The van der Waals surface area contributed by atoms with Gasteiger partial charge in [0.2, 0.25) is 0 Å². The third-order valence-electron chi connectivity index (χ3n) is 7.93. The maximum absolute atomic E-state index is 12.6. The van der Waals surface area contributed by atoms with Gasteiger partial charge in [-0.25, -0.2) is 4.57 Å². The molecule has 0 saturated carbocycles. The second-order valence-corrected chi connectivity index (χ2v) is 15.4. The summed E-state index contributed by atoms with van der Waals surface area (Å²) in [5.74, 6) is -0.822. The first kappa shape index (κ1) is 47.2. The van der Waals surface area contributed by atoms with E-state index in [1.54, 1.807) is 0 Å². The van der Waals surface area contributed by atoms with Crippen molar-refractivity contribution in [3.05, 3.63) is 36.5 Å². The van der Waals surface area contributed by atoms with Crippen molar-refractivity contribution in [1.29, 1.82) is 0 Å². The van der Waals surface area contributed by atoms with Crippen LogP contribution < -0.4 is 0 Å². The summed E-state index contributed by atoms with van der Waals surface area (Å²) in [7, 11) is 1.46. The van der Waals surface area contributed by atoms with Gasteiger partial charge in [-0.15, -0.1) is 0 Å². The van der Waals surface area contributed by atoms with Gasteiger partial charge in [0.25, 0.3) is 0 Å². The van der Waals surface area contributed by atoms with Crippen LogP contribution in [-0.4, -0.2) is 74.9 Å². The number of allylic oxidation sites excluding steroid dienone is 6. The molecule has 0 rings (SSSR count). The standard InChI is InChI=1S/C39H72NO8P/c1-6-8-10-12-14-16-18-19-20-21-22-24-26-28-30-32-39(42)48-37(36-47-49(43,44)46-34-33-40(3,4)5)35-45-38(41)31-29-27-25-23-17-15-13-11-9-7-2/h8,10,14,16,19-20,37H,6-7,9,11-13,15,17-18,21-36H2,1-5H3/p+1/b10-8-,16-14-,20-19-/t37-/m1/s1. The minimum absolute atomic E-state index is 0.0282. The average Bonchev–Trinajstić information content (AvgIpc) is 3.04. The van der Waals surface area contributed by atoms with E-state index < -0.39 is 26.5 Å².